The van der Waals surface area contributed by atoms with E-state index in [-0.39, 0.29) is 24.0 Å². The minimum absolute atomic E-state index is 0. The van der Waals surface area contributed by atoms with Crippen molar-refractivity contribution in [3.8, 4) is 0 Å². The number of rotatable bonds is 6. The third kappa shape index (κ3) is 6.09. The van der Waals surface area contributed by atoms with Gasteiger partial charge < -0.3 is 15.1 Å². The molecule has 7 heteroatoms. The number of amides is 1. The van der Waals surface area contributed by atoms with Crippen LogP contribution in [0.15, 0.2) is 35.3 Å². The van der Waals surface area contributed by atoms with Crippen molar-refractivity contribution in [2.75, 3.05) is 59.4 Å². The second-order valence-electron chi connectivity index (χ2n) is 8.91. The fraction of sp³-hybridized carbons (Fsp3) is 0.652. The van der Waals surface area contributed by atoms with Crippen molar-refractivity contribution >= 4 is 35.8 Å². The van der Waals surface area contributed by atoms with Crippen LogP contribution in [0, 0.1) is 5.41 Å². The highest BCUT2D eigenvalue weighted by Crippen LogP contribution is 2.47. The highest BCUT2D eigenvalue weighted by Gasteiger charge is 2.42. The zero-order valence-corrected chi connectivity index (χ0v) is 20.5. The van der Waals surface area contributed by atoms with E-state index < -0.39 is 0 Å². The Bertz CT molecular complexity index is 708. The predicted octanol–water partition coefficient (Wildman–Crippen LogP) is 2.44. The van der Waals surface area contributed by atoms with Gasteiger partial charge >= 0.3 is 0 Å². The molecule has 0 radical (unpaired) electrons. The van der Waals surface area contributed by atoms with Crippen molar-refractivity contribution in [3.63, 3.8) is 0 Å². The first-order valence-electron chi connectivity index (χ1n) is 11.2. The number of piperazine rings is 1. The number of aliphatic imine (C=N–C) groups is 1. The fourth-order valence-electron chi connectivity index (χ4n) is 4.60. The second-order valence-corrected chi connectivity index (χ2v) is 8.91. The molecular weight excluding hydrogens is 489 g/mol. The SMILES string of the molecule is CN=C(NCC1(Cc2ccccc2)CC1)N1CCN(CC(=O)N2CCCC2)CC1.I. The molecule has 1 amide bonds. The molecule has 0 spiro atoms. The van der Waals surface area contributed by atoms with Gasteiger partial charge in [-0.25, -0.2) is 0 Å². The largest absolute Gasteiger partial charge is 0.356 e. The minimum atomic E-state index is 0. The molecule has 1 N–H and O–H groups in total. The average molecular weight is 525 g/mol. The lowest BCUT2D eigenvalue weighted by atomic mass is 9.96. The normalized spacial score (nSPS) is 21.3. The van der Waals surface area contributed by atoms with Gasteiger partial charge in [-0.05, 0) is 43.1 Å². The van der Waals surface area contributed by atoms with Crippen molar-refractivity contribution in [2.24, 2.45) is 10.4 Å². The lowest BCUT2D eigenvalue weighted by Gasteiger charge is -2.37. The van der Waals surface area contributed by atoms with Crippen LogP contribution < -0.4 is 5.32 Å². The lowest BCUT2D eigenvalue weighted by molar-refractivity contribution is -0.131. The molecule has 0 unspecified atom stereocenters. The maximum absolute atomic E-state index is 12.4. The number of carbonyl (C=O) groups excluding carboxylic acids is 1. The summed E-state index contributed by atoms with van der Waals surface area (Å²) in [5.41, 5.74) is 1.82. The number of likely N-dealkylation sites (tertiary alicyclic amines) is 1. The highest BCUT2D eigenvalue weighted by atomic mass is 127. The molecule has 1 aromatic carbocycles. The number of hydrogen-bond acceptors (Lipinski definition) is 3. The van der Waals surface area contributed by atoms with Crippen LogP contribution in [-0.2, 0) is 11.2 Å². The summed E-state index contributed by atoms with van der Waals surface area (Å²) in [4.78, 5) is 23.6. The van der Waals surface area contributed by atoms with Crippen molar-refractivity contribution in [1.82, 2.24) is 20.0 Å². The minimum Gasteiger partial charge on any atom is -0.356 e. The summed E-state index contributed by atoms with van der Waals surface area (Å²) >= 11 is 0. The van der Waals surface area contributed by atoms with Gasteiger partial charge in [0.05, 0.1) is 6.54 Å². The Morgan fingerprint density at radius 3 is 2.27 bits per heavy atom. The number of nitrogens with one attached hydrogen (secondary N) is 1. The van der Waals surface area contributed by atoms with Gasteiger partial charge in [-0.15, -0.1) is 24.0 Å². The zero-order valence-electron chi connectivity index (χ0n) is 18.2. The third-order valence-electron chi connectivity index (χ3n) is 6.70. The average Bonchev–Trinajstić information content (AvgIpc) is 3.27. The van der Waals surface area contributed by atoms with E-state index in [4.69, 9.17) is 0 Å². The number of benzene rings is 1. The van der Waals surface area contributed by atoms with E-state index in [9.17, 15) is 4.79 Å². The van der Waals surface area contributed by atoms with Gasteiger partial charge in [-0.2, -0.15) is 0 Å². The number of carbonyl (C=O) groups is 1. The molecule has 2 aliphatic heterocycles. The summed E-state index contributed by atoms with van der Waals surface area (Å²) in [7, 11) is 1.88. The molecule has 3 aliphatic rings. The van der Waals surface area contributed by atoms with E-state index in [1.807, 2.05) is 11.9 Å². The highest BCUT2D eigenvalue weighted by molar-refractivity contribution is 14.0. The van der Waals surface area contributed by atoms with Crippen LogP contribution in [0.3, 0.4) is 0 Å². The molecule has 166 valence electrons. The Labute approximate surface area is 198 Å². The maximum atomic E-state index is 12.4. The Hall–Kier alpha value is -1.35. The molecule has 30 heavy (non-hydrogen) atoms. The van der Waals surface area contributed by atoms with Crippen LogP contribution in [0.25, 0.3) is 0 Å². The van der Waals surface area contributed by atoms with Crippen molar-refractivity contribution in [2.45, 2.75) is 32.1 Å². The molecular formula is C23H36IN5O. The molecule has 1 aromatic rings. The fourth-order valence-corrected chi connectivity index (χ4v) is 4.60. The summed E-state index contributed by atoms with van der Waals surface area (Å²) in [6, 6.07) is 10.8. The van der Waals surface area contributed by atoms with Crippen LogP contribution in [0.4, 0.5) is 0 Å². The quantitative estimate of drug-likeness (QED) is 0.352. The van der Waals surface area contributed by atoms with Gasteiger partial charge in [0.15, 0.2) is 5.96 Å². The number of halogens is 1. The van der Waals surface area contributed by atoms with Gasteiger partial charge in [-0.3, -0.25) is 14.7 Å². The van der Waals surface area contributed by atoms with Gasteiger partial charge in [-0.1, -0.05) is 30.3 Å². The van der Waals surface area contributed by atoms with E-state index in [1.54, 1.807) is 0 Å². The second kappa shape index (κ2) is 10.8. The summed E-state index contributed by atoms with van der Waals surface area (Å²) in [6.45, 7) is 7.16. The molecule has 3 fully saturated rings. The standard InChI is InChI=1S/C23H35N5O.HI/c1-24-22(25-19-23(9-10-23)17-20-7-3-2-4-8-20)28-15-13-26(14-16-28)18-21(29)27-11-5-6-12-27;/h2-4,7-8H,5-6,9-19H2,1H3,(H,24,25);1H. The van der Waals surface area contributed by atoms with Crippen LogP contribution >= 0.6 is 24.0 Å². The van der Waals surface area contributed by atoms with E-state index in [2.05, 4.69) is 50.4 Å². The summed E-state index contributed by atoms with van der Waals surface area (Å²) in [6.07, 6.45) is 6.04. The Morgan fingerprint density at radius 1 is 1.00 bits per heavy atom. The topological polar surface area (TPSA) is 51.2 Å². The molecule has 1 aliphatic carbocycles. The smallest absolute Gasteiger partial charge is 0.236 e. The van der Waals surface area contributed by atoms with Crippen LogP contribution in [0.5, 0.6) is 0 Å². The lowest BCUT2D eigenvalue weighted by Crippen LogP contribution is -2.54. The number of guanidine groups is 1. The van der Waals surface area contributed by atoms with Gasteiger partial charge in [0, 0.05) is 52.9 Å². The van der Waals surface area contributed by atoms with E-state index >= 15 is 0 Å². The first-order valence-corrected chi connectivity index (χ1v) is 11.2. The van der Waals surface area contributed by atoms with E-state index in [0.717, 1.165) is 71.0 Å². The third-order valence-corrected chi connectivity index (χ3v) is 6.70. The molecule has 1 saturated carbocycles. The Balaban J connectivity index is 0.00000256. The monoisotopic (exact) mass is 525 g/mol. The van der Waals surface area contributed by atoms with Crippen LogP contribution in [0.1, 0.15) is 31.2 Å². The summed E-state index contributed by atoms with van der Waals surface area (Å²) in [5, 5.41) is 3.64. The van der Waals surface area contributed by atoms with Crippen molar-refractivity contribution in [3.05, 3.63) is 35.9 Å². The summed E-state index contributed by atoms with van der Waals surface area (Å²) < 4.78 is 0. The Kier molecular flexibility index (Phi) is 8.39. The first-order chi connectivity index (χ1) is 14.2. The van der Waals surface area contributed by atoms with Crippen molar-refractivity contribution < 1.29 is 4.79 Å². The van der Waals surface area contributed by atoms with Crippen molar-refractivity contribution in [1.29, 1.82) is 0 Å². The molecule has 4 rings (SSSR count). The predicted molar refractivity (Wildman–Crippen MR) is 132 cm³/mol. The summed E-state index contributed by atoms with van der Waals surface area (Å²) in [5.74, 6) is 1.31. The van der Waals surface area contributed by atoms with Crippen LogP contribution in [-0.4, -0.2) is 86.0 Å². The van der Waals surface area contributed by atoms with Gasteiger partial charge in [0.25, 0.3) is 0 Å². The van der Waals surface area contributed by atoms with E-state index in [1.165, 1.54) is 18.4 Å². The number of hydrogen-bond donors (Lipinski definition) is 1. The zero-order chi connectivity index (χ0) is 20.1. The molecule has 0 aromatic heterocycles. The molecule has 2 saturated heterocycles. The van der Waals surface area contributed by atoms with Crippen LogP contribution in [0.2, 0.25) is 0 Å². The van der Waals surface area contributed by atoms with Gasteiger partial charge in [0.2, 0.25) is 5.91 Å². The van der Waals surface area contributed by atoms with Gasteiger partial charge in [0.1, 0.15) is 0 Å². The Morgan fingerprint density at radius 2 is 1.67 bits per heavy atom. The molecule has 0 bridgehead atoms. The van der Waals surface area contributed by atoms with E-state index in [0.29, 0.717) is 17.9 Å². The first kappa shape index (κ1) is 23.3. The number of nitrogens with zero attached hydrogens (tertiary/aromatic N) is 4. The maximum Gasteiger partial charge on any atom is 0.236 e. The molecule has 2 heterocycles. The molecule has 0 atom stereocenters. The molecule has 6 nitrogen and oxygen atoms in total.